The SMILES string of the molecule is Cc1ccc(C)n1-c1cc(Nc2ncc(F)c(NC3CC(C)(C)NC(C)(C)C3)n2)ccc1F. The third kappa shape index (κ3) is 5.16. The van der Waals surface area contributed by atoms with Gasteiger partial charge in [-0.05, 0) is 84.7 Å². The molecule has 8 heteroatoms. The van der Waals surface area contributed by atoms with Crippen LogP contribution in [0.1, 0.15) is 51.9 Å². The second-order valence-electron chi connectivity index (χ2n) is 10.3. The molecule has 0 atom stereocenters. The summed E-state index contributed by atoms with van der Waals surface area (Å²) in [5, 5.41) is 9.99. The molecule has 33 heavy (non-hydrogen) atoms. The topological polar surface area (TPSA) is 66.8 Å². The number of hydrogen-bond donors (Lipinski definition) is 3. The molecular weight excluding hydrogens is 422 g/mol. The van der Waals surface area contributed by atoms with Gasteiger partial charge in [-0.3, -0.25) is 0 Å². The van der Waals surface area contributed by atoms with Gasteiger partial charge in [0.15, 0.2) is 11.6 Å². The molecule has 0 amide bonds. The van der Waals surface area contributed by atoms with E-state index in [1.54, 1.807) is 12.1 Å². The van der Waals surface area contributed by atoms with Crippen molar-refractivity contribution in [3.63, 3.8) is 0 Å². The third-order valence-electron chi connectivity index (χ3n) is 5.99. The van der Waals surface area contributed by atoms with Crippen molar-refractivity contribution in [3.8, 4) is 5.69 Å². The van der Waals surface area contributed by atoms with Gasteiger partial charge in [0.25, 0.3) is 0 Å². The number of rotatable bonds is 5. The Hall–Kier alpha value is -3.00. The molecule has 1 aliphatic heterocycles. The maximum Gasteiger partial charge on any atom is 0.229 e. The molecule has 3 aromatic rings. The first-order valence-corrected chi connectivity index (χ1v) is 11.2. The minimum atomic E-state index is -0.506. The highest BCUT2D eigenvalue weighted by Crippen LogP contribution is 2.31. The van der Waals surface area contributed by atoms with Crippen LogP contribution in [0, 0.1) is 25.5 Å². The van der Waals surface area contributed by atoms with E-state index in [9.17, 15) is 8.78 Å². The molecule has 1 aliphatic rings. The van der Waals surface area contributed by atoms with Crippen LogP contribution in [0.3, 0.4) is 0 Å². The molecular formula is C25H32F2N6. The Morgan fingerprint density at radius 2 is 1.61 bits per heavy atom. The molecule has 3 N–H and O–H groups in total. The van der Waals surface area contributed by atoms with E-state index in [2.05, 4.69) is 53.6 Å². The zero-order valence-electron chi connectivity index (χ0n) is 20.1. The lowest BCUT2D eigenvalue weighted by molar-refractivity contribution is 0.170. The van der Waals surface area contributed by atoms with Crippen LogP contribution in [0.15, 0.2) is 36.5 Å². The smallest absolute Gasteiger partial charge is 0.229 e. The number of hydrogen-bond acceptors (Lipinski definition) is 5. The summed E-state index contributed by atoms with van der Waals surface area (Å²) in [7, 11) is 0. The molecule has 1 aromatic carbocycles. The van der Waals surface area contributed by atoms with Gasteiger partial charge in [-0.25, -0.2) is 13.8 Å². The lowest BCUT2D eigenvalue weighted by atomic mass is 9.79. The highest BCUT2D eigenvalue weighted by atomic mass is 19.1. The molecule has 6 nitrogen and oxygen atoms in total. The maximum atomic E-state index is 14.6. The van der Waals surface area contributed by atoms with Crippen LogP contribution in [0.2, 0.25) is 0 Å². The monoisotopic (exact) mass is 454 g/mol. The van der Waals surface area contributed by atoms with Crippen LogP contribution in [0.5, 0.6) is 0 Å². The van der Waals surface area contributed by atoms with Crippen molar-refractivity contribution in [3.05, 3.63) is 59.6 Å². The molecule has 1 fully saturated rings. The summed E-state index contributed by atoms with van der Waals surface area (Å²) in [5.41, 5.74) is 2.74. The van der Waals surface area contributed by atoms with Crippen LogP contribution < -0.4 is 16.0 Å². The van der Waals surface area contributed by atoms with Crippen LogP contribution in [0.25, 0.3) is 5.69 Å². The Balaban J connectivity index is 1.57. The number of aryl methyl sites for hydroxylation is 2. The van der Waals surface area contributed by atoms with Gasteiger partial charge in [0.1, 0.15) is 5.82 Å². The Morgan fingerprint density at radius 1 is 0.970 bits per heavy atom. The van der Waals surface area contributed by atoms with Gasteiger partial charge >= 0.3 is 0 Å². The molecule has 0 unspecified atom stereocenters. The fourth-order valence-corrected chi connectivity index (χ4v) is 5.09. The molecule has 0 radical (unpaired) electrons. The van der Waals surface area contributed by atoms with Gasteiger partial charge < -0.3 is 20.5 Å². The molecule has 1 saturated heterocycles. The van der Waals surface area contributed by atoms with Crippen molar-refractivity contribution in [2.45, 2.75) is 71.5 Å². The maximum absolute atomic E-state index is 14.6. The normalized spacial score (nSPS) is 17.7. The van der Waals surface area contributed by atoms with E-state index in [0.29, 0.717) is 11.4 Å². The number of halogens is 2. The molecule has 2 aromatic heterocycles. The summed E-state index contributed by atoms with van der Waals surface area (Å²) >= 11 is 0. The molecule has 3 heterocycles. The molecule has 4 rings (SSSR count). The minimum Gasteiger partial charge on any atom is -0.365 e. The predicted octanol–water partition coefficient (Wildman–Crippen LogP) is 5.63. The highest BCUT2D eigenvalue weighted by Gasteiger charge is 2.38. The molecule has 0 saturated carbocycles. The van der Waals surface area contributed by atoms with E-state index in [-0.39, 0.29) is 34.7 Å². The summed E-state index contributed by atoms with van der Waals surface area (Å²) in [6.07, 6.45) is 2.82. The van der Waals surface area contributed by atoms with Crippen molar-refractivity contribution in [2.24, 2.45) is 0 Å². The average molecular weight is 455 g/mol. The van der Waals surface area contributed by atoms with E-state index >= 15 is 0 Å². The summed E-state index contributed by atoms with van der Waals surface area (Å²) < 4.78 is 31.0. The van der Waals surface area contributed by atoms with Crippen LogP contribution in [0.4, 0.5) is 26.2 Å². The molecule has 0 aliphatic carbocycles. The Morgan fingerprint density at radius 3 is 2.24 bits per heavy atom. The van der Waals surface area contributed by atoms with Crippen molar-refractivity contribution < 1.29 is 8.78 Å². The van der Waals surface area contributed by atoms with Gasteiger partial charge in [-0.15, -0.1) is 0 Å². The van der Waals surface area contributed by atoms with Gasteiger partial charge in [0.05, 0.1) is 11.9 Å². The van der Waals surface area contributed by atoms with Gasteiger partial charge in [0.2, 0.25) is 5.95 Å². The Kier molecular flexibility index (Phi) is 5.90. The van der Waals surface area contributed by atoms with Gasteiger partial charge in [-0.1, -0.05) is 0 Å². The van der Waals surface area contributed by atoms with E-state index in [1.165, 1.54) is 6.07 Å². The zero-order valence-corrected chi connectivity index (χ0v) is 20.1. The van der Waals surface area contributed by atoms with Gasteiger partial charge in [0, 0.05) is 34.2 Å². The lowest BCUT2D eigenvalue weighted by Gasteiger charge is -2.46. The highest BCUT2D eigenvalue weighted by molar-refractivity contribution is 5.59. The summed E-state index contributed by atoms with van der Waals surface area (Å²) in [6, 6.07) is 8.67. The summed E-state index contributed by atoms with van der Waals surface area (Å²) in [4.78, 5) is 8.46. The molecule has 176 valence electrons. The van der Waals surface area contributed by atoms with E-state index in [4.69, 9.17) is 0 Å². The number of anilines is 3. The van der Waals surface area contributed by atoms with Crippen LogP contribution >= 0.6 is 0 Å². The van der Waals surface area contributed by atoms with Crippen molar-refractivity contribution in [1.82, 2.24) is 19.9 Å². The number of aromatic nitrogens is 3. The van der Waals surface area contributed by atoms with E-state index in [1.807, 2.05) is 30.5 Å². The van der Waals surface area contributed by atoms with Crippen LogP contribution in [-0.4, -0.2) is 31.7 Å². The summed E-state index contributed by atoms with van der Waals surface area (Å²) in [6.45, 7) is 12.4. The fourth-order valence-electron chi connectivity index (χ4n) is 5.09. The quantitative estimate of drug-likeness (QED) is 0.466. The second kappa shape index (κ2) is 8.41. The fraction of sp³-hybridized carbons (Fsp3) is 0.440. The largest absolute Gasteiger partial charge is 0.365 e. The Bertz CT molecular complexity index is 1130. The first-order valence-electron chi connectivity index (χ1n) is 11.2. The molecule has 0 spiro atoms. The zero-order chi connectivity index (χ0) is 24.0. The number of piperidine rings is 1. The summed E-state index contributed by atoms with van der Waals surface area (Å²) in [5.74, 6) is -0.440. The van der Waals surface area contributed by atoms with Crippen molar-refractivity contribution in [1.29, 1.82) is 0 Å². The average Bonchev–Trinajstić information content (AvgIpc) is 3.02. The van der Waals surface area contributed by atoms with Crippen LogP contribution in [-0.2, 0) is 0 Å². The minimum absolute atomic E-state index is 0.0608. The molecule has 0 bridgehead atoms. The first-order chi connectivity index (χ1) is 15.4. The Labute approximate surface area is 193 Å². The van der Waals surface area contributed by atoms with Crippen molar-refractivity contribution >= 4 is 17.5 Å². The lowest BCUT2D eigenvalue weighted by Crippen LogP contribution is -2.60. The van der Waals surface area contributed by atoms with E-state index in [0.717, 1.165) is 30.4 Å². The standard InChI is InChI=1S/C25H32F2N6/c1-15-7-8-16(2)33(15)21-11-17(9-10-19(21)26)30-23-28-14-20(27)22(31-23)29-18-12-24(3,4)32-25(5,6)13-18/h7-11,14,18,32H,12-13H2,1-6H3,(H2,28,29,30,31). The van der Waals surface area contributed by atoms with Crippen molar-refractivity contribution in [2.75, 3.05) is 10.6 Å². The van der Waals surface area contributed by atoms with E-state index < -0.39 is 5.82 Å². The predicted molar refractivity (Wildman–Crippen MR) is 128 cm³/mol. The van der Waals surface area contributed by atoms with Gasteiger partial charge in [-0.2, -0.15) is 4.98 Å². The first kappa shape index (κ1) is 23.2. The third-order valence-corrected chi connectivity index (χ3v) is 5.99. The number of benzene rings is 1. The number of nitrogens with one attached hydrogen (secondary N) is 3. The second-order valence-corrected chi connectivity index (χ2v) is 10.3. The number of nitrogens with zero attached hydrogens (tertiary/aromatic N) is 3.